The predicted octanol–water partition coefficient (Wildman–Crippen LogP) is 2.12. The fraction of sp³-hybridized carbons (Fsp3) is 0.562. The second-order valence-corrected chi connectivity index (χ2v) is 5.63. The van der Waals surface area contributed by atoms with E-state index in [0.717, 1.165) is 0 Å². The Morgan fingerprint density at radius 2 is 1.65 bits per heavy atom. The van der Waals surface area contributed by atoms with Crippen LogP contribution >= 0.6 is 0 Å². The number of ether oxygens (including phenoxy) is 3. The van der Waals surface area contributed by atoms with Gasteiger partial charge in [-0.05, 0) is 27.2 Å². The molecule has 0 fully saturated rings. The maximum absolute atomic E-state index is 11.9. The second kappa shape index (κ2) is 10.4. The van der Waals surface area contributed by atoms with Crippen LogP contribution < -0.4 is 5.32 Å². The number of hydrogen-bond acceptors (Lipinski definition) is 6. The van der Waals surface area contributed by atoms with E-state index < -0.39 is 29.7 Å². The maximum atomic E-state index is 11.9. The molecule has 0 spiro atoms. The fourth-order valence-corrected chi connectivity index (χ4v) is 1.43. The number of carbonyl (C=O) groups is 3. The van der Waals surface area contributed by atoms with Gasteiger partial charge < -0.3 is 19.5 Å². The van der Waals surface area contributed by atoms with Crippen molar-refractivity contribution in [3.8, 4) is 0 Å². The zero-order chi connectivity index (χ0) is 17.9. The number of esters is 2. The molecule has 0 unspecified atom stereocenters. The standard InChI is InChI=1S/C16H25NO6/c1-6-10-21-13(18)9-8-12(14(19)22-11-7-2)17-15(20)23-16(3,4)5/h6-7,12H,1-2,8-11H2,3-5H3,(H,17,20)/t12-/m0/s1. The molecule has 0 bridgehead atoms. The van der Waals surface area contributed by atoms with Crippen molar-refractivity contribution in [1.29, 1.82) is 0 Å². The number of alkyl carbamates (subject to hydrolysis) is 1. The summed E-state index contributed by atoms with van der Waals surface area (Å²) in [6.07, 6.45) is 2.05. The van der Waals surface area contributed by atoms with Gasteiger partial charge in [0, 0.05) is 6.42 Å². The molecule has 0 aliphatic carbocycles. The zero-order valence-electron chi connectivity index (χ0n) is 13.9. The summed E-state index contributed by atoms with van der Waals surface area (Å²) < 4.78 is 14.8. The molecule has 0 aromatic rings. The van der Waals surface area contributed by atoms with Crippen molar-refractivity contribution < 1.29 is 28.6 Å². The minimum Gasteiger partial charge on any atom is -0.461 e. The zero-order valence-corrected chi connectivity index (χ0v) is 13.9. The van der Waals surface area contributed by atoms with Crippen LogP contribution in [0.1, 0.15) is 33.6 Å². The van der Waals surface area contributed by atoms with Crippen LogP contribution in [0.3, 0.4) is 0 Å². The molecule has 0 rings (SSSR count). The van der Waals surface area contributed by atoms with Crippen molar-refractivity contribution in [2.75, 3.05) is 13.2 Å². The van der Waals surface area contributed by atoms with Gasteiger partial charge in [-0.1, -0.05) is 25.3 Å². The highest BCUT2D eigenvalue weighted by molar-refractivity contribution is 5.82. The van der Waals surface area contributed by atoms with Crippen LogP contribution in [0.5, 0.6) is 0 Å². The molecule has 0 saturated carbocycles. The van der Waals surface area contributed by atoms with E-state index in [9.17, 15) is 14.4 Å². The number of hydrogen-bond donors (Lipinski definition) is 1. The Kier molecular flexibility index (Phi) is 9.37. The first-order valence-electron chi connectivity index (χ1n) is 7.23. The molecule has 130 valence electrons. The van der Waals surface area contributed by atoms with Gasteiger partial charge in [0.1, 0.15) is 24.9 Å². The Morgan fingerprint density at radius 1 is 1.09 bits per heavy atom. The van der Waals surface area contributed by atoms with Gasteiger partial charge >= 0.3 is 18.0 Å². The first-order chi connectivity index (χ1) is 10.7. The third-order valence-electron chi connectivity index (χ3n) is 2.32. The summed E-state index contributed by atoms with van der Waals surface area (Å²) in [5, 5.41) is 2.40. The third kappa shape index (κ3) is 11.0. The van der Waals surface area contributed by atoms with Gasteiger partial charge in [0.05, 0.1) is 0 Å². The number of carbonyl (C=O) groups excluding carboxylic acids is 3. The molecule has 1 amide bonds. The molecule has 0 aliphatic rings. The van der Waals surface area contributed by atoms with Gasteiger partial charge in [-0.15, -0.1) is 0 Å². The van der Waals surface area contributed by atoms with E-state index in [2.05, 4.69) is 18.5 Å². The minimum absolute atomic E-state index is 0.00619. The molecular formula is C16H25NO6. The summed E-state index contributed by atoms with van der Waals surface area (Å²) in [5.41, 5.74) is -0.706. The van der Waals surface area contributed by atoms with Crippen molar-refractivity contribution in [3.05, 3.63) is 25.3 Å². The van der Waals surface area contributed by atoms with Gasteiger partial charge in [-0.25, -0.2) is 9.59 Å². The predicted molar refractivity (Wildman–Crippen MR) is 84.7 cm³/mol. The van der Waals surface area contributed by atoms with Crippen LogP contribution in [0.25, 0.3) is 0 Å². The number of rotatable bonds is 9. The lowest BCUT2D eigenvalue weighted by molar-refractivity contribution is -0.146. The topological polar surface area (TPSA) is 90.9 Å². The smallest absolute Gasteiger partial charge is 0.408 e. The highest BCUT2D eigenvalue weighted by Crippen LogP contribution is 2.09. The van der Waals surface area contributed by atoms with Crippen molar-refractivity contribution in [1.82, 2.24) is 5.32 Å². The molecule has 7 heteroatoms. The molecule has 7 nitrogen and oxygen atoms in total. The van der Waals surface area contributed by atoms with Crippen LogP contribution in [0, 0.1) is 0 Å². The lowest BCUT2D eigenvalue weighted by atomic mass is 10.1. The maximum Gasteiger partial charge on any atom is 0.408 e. The monoisotopic (exact) mass is 327 g/mol. The van der Waals surface area contributed by atoms with Crippen LogP contribution in [0.4, 0.5) is 4.79 Å². The van der Waals surface area contributed by atoms with E-state index in [0.29, 0.717) is 0 Å². The summed E-state index contributed by atoms with van der Waals surface area (Å²) in [6.45, 7) is 12.1. The Balaban J connectivity index is 4.64. The van der Waals surface area contributed by atoms with E-state index in [1.54, 1.807) is 20.8 Å². The summed E-state index contributed by atoms with van der Waals surface area (Å²) in [5.74, 6) is -1.18. The molecule has 0 heterocycles. The molecule has 1 N–H and O–H groups in total. The molecule has 1 atom stereocenters. The SMILES string of the molecule is C=CCOC(=O)CC[C@H](NC(=O)OC(C)(C)C)C(=O)OCC=C. The highest BCUT2D eigenvalue weighted by Gasteiger charge is 2.26. The Morgan fingerprint density at radius 3 is 2.17 bits per heavy atom. The number of amides is 1. The van der Waals surface area contributed by atoms with Gasteiger partial charge in [0.15, 0.2) is 0 Å². The van der Waals surface area contributed by atoms with E-state index in [1.807, 2.05) is 0 Å². The lowest BCUT2D eigenvalue weighted by Crippen LogP contribution is -2.44. The fourth-order valence-electron chi connectivity index (χ4n) is 1.43. The minimum atomic E-state index is -1.01. The molecule has 0 aliphatic heterocycles. The Hall–Kier alpha value is -2.31. The average molecular weight is 327 g/mol. The van der Waals surface area contributed by atoms with Crippen LogP contribution in [0.2, 0.25) is 0 Å². The largest absolute Gasteiger partial charge is 0.461 e. The molecule has 0 radical (unpaired) electrons. The van der Waals surface area contributed by atoms with Gasteiger partial charge in [0.25, 0.3) is 0 Å². The van der Waals surface area contributed by atoms with Crippen LogP contribution in [-0.2, 0) is 23.8 Å². The molecule has 0 aromatic carbocycles. The summed E-state index contributed by atoms with van der Waals surface area (Å²) in [4.78, 5) is 35.2. The highest BCUT2D eigenvalue weighted by atomic mass is 16.6. The van der Waals surface area contributed by atoms with Gasteiger partial charge in [-0.3, -0.25) is 4.79 Å². The van der Waals surface area contributed by atoms with Crippen molar-refractivity contribution in [2.45, 2.75) is 45.3 Å². The molecule has 0 saturated heterocycles. The quantitative estimate of drug-likeness (QED) is 0.396. The van der Waals surface area contributed by atoms with E-state index >= 15 is 0 Å². The first kappa shape index (κ1) is 20.7. The van der Waals surface area contributed by atoms with Crippen molar-refractivity contribution in [3.63, 3.8) is 0 Å². The van der Waals surface area contributed by atoms with Gasteiger partial charge in [-0.2, -0.15) is 0 Å². The molecule has 0 aromatic heterocycles. The summed E-state index contributed by atoms with van der Waals surface area (Å²) in [7, 11) is 0. The van der Waals surface area contributed by atoms with Crippen molar-refractivity contribution in [2.24, 2.45) is 0 Å². The Bertz CT molecular complexity index is 438. The second-order valence-electron chi connectivity index (χ2n) is 5.63. The van der Waals surface area contributed by atoms with E-state index in [1.165, 1.54) is 12.2 Å². The molecular weight excluding hydrogens is 302 g/mol. The lowest BCUT2D eigenvalue weighted by Gasteiger charge is -2.22. The third-order valence-corrected chi connectivity index (χ3v) is 2.32. The van der Waals surface area contributed by atoms with Crippen LogP contribution in [0.15, 0.2) is 25.3 Å². The van der Waals surface area contributed by atoms with Crippen LogP contribution in [-0.4, -0.2) is 42.9 Å². The van der Waals surface area contributed by atoms with Gasteiger partial charge in [0.2, 0.25) is 0 Å². The van der Waals surface area contributed by atoms with E-state index in [4.69, 9.17) is 14.2 Å². The number of nitrogens with one attached hydrogen (secondary N) is 1. The first-order valence-corrected chi connectivity index (χ1v) is 7.23. The Labute approximate surface area is 136 Å². The average Bonchev–Trinajstić information content (AvgIpc) is 2.44. The normalized spacial score (nSPS) is 11.8. The summed E-state index contributed by atoms with van der Waals surface area (Å²) in [6, 6.07) is -1.01. The molecule has 23 heavy (non-hydrogen) atoms. The van der Waals surface area contributed by atoms with Crippen molar-refractivity contribution >= 4 is 18.0 Å². The van der Waals surface area contributed by atoms with E-state index in [-0.39, 0.29) is 26.1 Å². The summed E-state index contributed by atoms with van der Waals surface area (Å²) >= 11 is 0.